The van der Waals surface area contributed by atoms with Crippen LogP contribution in [0, 0.1) is 26.2 Å². The van der Waals surface area contributed by atoms with E-state index in [1.165, 1.54) is 13.8 Å². The van der Waals surface area contributed by atoms with E-state index in [1.54, 1.807) is 13.8 Å². The van der Waals surface area contributed by atoms with E-state index in [1.807, 2.05) is 0 Å². The van der Waals surface area contributed by atoms with Crippen molar-refractivity contribution in [2.24, 2.45) is 0 Å². The molecule has 0 bridgehead atoms. The minimum atomic E-state index is -3.88. The predicted octanol–water partition coefficient (Wildman–Crippen LogP) is 0.275. The van der Waals surface area contributed by atoms with Gasteiger partial charge in [-0.25, -0.2) is 8.42 Å². The first-order valence-electron chi connectivity index (χ1n) is 5.77. The number of aliphatic carboxylic acids is 1. The van der Waals surface area contributed by atoms with E-state index in [9.17, 15) is 13.2 Å². The average Bonchev–Trinajstić information content (AvgIpc) is 2.52. The molecule has 2 N–H and O–H groups in total. The summed E-state index contributed by atoms with van der Waals surface area (Å²) in [4.78, 5) is 10.7. The molecule has 0 aliphatic carbocycles. The van der Waals surface area contributed by atoms with Gasteiger partial charge in [0, 0.05) is 0 Å². The molecular weight excluding hydrogens is 282 g/mol. The zero-order chi connectivity index (χ0) is 15.7. The van der Waals surface area contributed by atoms with Crippen LogP contribution in [0.4, 0.5) is 0 Å². The Kier molecular flexibility index (Phi) is 4.27. The summed E-state index contributed by atoms with van der Waals surface area (Å²) >= 11 is 0. The second kappa shape index (κ2) is 5.26. The third-order valence-corrected chi connectivity index (χ3v) is 4.53. The van der Waals surface area contributed by atoms with E-state index in [-0.39, 0.29) is 16.3 Å². The van der Waals surface area contributed by atoms with E-state index >= 15 is 0 Å². The average molecular weight is 299 g/mol. The highest BCUT2D eigenvalue weighted by atomic mass is 32.2. The van der Waals surface area contributed by atoms with E-state index in [0.717, 1.165) is 4.68 Å². The number of aryl methyl sites for hydroxylation is 1. The Balaban J connectivity index is 3.30. The van der Waals surface area contributed by atoms with Gasteiger partial charge in [0.2, 0.25) is 10.0 Å². The first-order valence-corrected chi connectivity index (χ1v) is 7.26. The number of nitrogens with zero attached hydrogens (tertiary/aromatic N) is 2. The number of hydrogen-bond donors (Lipinski definition) is 2. The van der Waals surface area contributed by atoms with Crippen LogP contribution < -0.4 is 4.72 Å². The molecule has 1 heterocycles. The van der Waals surface area contributed by atoms with Gasteiger partial charge in [-0.1, -0.05) is 5.92 Å². The molecule has 0 radical (unpaired) electrons. The van der Waals surface area contributed by atoms with E-state index in [2.05, 4.69) is 15.7 Å². The van der Waals surface area contributed by atoms with Crippen LogP contribution in [0.2, 0.25) is 0 Å². The molecular formula is C12H17N3O4S. The molecule has 20 heavy (non-hydrogen) atoms. The van der Waals surface area contributed by atoms with Crippen LogP contribution in [-0.2, 0) is 21.4 Å². The highest BCUT2D eigenvalue weighted by Gasteiger charge is 2.30. The zero-order valence-corrected chi connectivity index (χ0v) is 12.6. The van der Waals surface area contributed by atoms with Crippen molar-refractivity contribution in [3.8, 4) is 12.3 Å². The highest BCUT2D eigenvalue weighted by Crippen LogP contribution is 2.21. The fourth-order valence-electron chi connectivity index (χ4n) is 1.77. The smallest absolute Gasteiger partial charge is 0.325 e. The molecule has 0 saturated carbocycles. The monoisotopic (exact) mass is 299 g/mol. The quantitative estimate of drug-likeness (QED) is 0.760. The molecule has 8 heteroatoms. The Morgan fingerprint density at radius 1 is 1.50 bits per heavy atom. The summed E-state index contributed by atoms with van der Waals surface area (Å²) in [5.74, 6) is 1.23. The van der Waals surface area contributed by atoms with Crippen LogP contribution in [-0.4, -0.2) is 34.8 Å². The van der Waals surface area contributed by atoms with Crippen LogP contribution in [0.3, 0.4) is 0 Å². The molecule has 0 unspecified atom stereocenters. The number of carbonyl (C=O) groups is 1. The number of nitrogens with one attached hydrogen (secondary N) is 1. The highest BCUT2D eigenvalue weighted by molar-refractivity contribution is 7.89. The van der Waals surface area contributed by atoms with Crippen molar-refractivity contribution in [1.29, 1.82) is 0 Å². The summed E-state index contributed by atoms with van der Waals surface area (Å²) in [6.07, 6.45) is 5.26. The summed E-state index contributed by atoms with van der Waals surface area (Å²) in [5, 5.41) is 12.7. The summed E-state index contributed by atoms with van der Waals surface area (Å²) in [6.45, 7) is 5.71. The number of carboxylic acid groups (broad SMARTS) is 1. The van der Waals surface area contributed by atoms with Crippen molar-refractivity contribution >= 4 is 16.0 Å². The largest absolute Gasteiger partial charge is 0.480 e. The number of hydrogen-bond acceptors (Lipinski definition) is 4. The molecule has 0 spiro atoms. The number of aromatic nitrogens is 2. The first kappa shape index (κ1) is 16.2. The van der Waals surface area contributed by atoms with Gasteiger partial charge in [-0.05, 0) is 27.7 Å². The van der Waals surface area contributed by atoms with Gasteiger partial charge < -0.3 is 5.11 Å². The lowest BCUT2D eigenvalue weighted by Gasteiger charge is -2.19. The topological polar surface area (TPSA) is 101 Å². The normalized spacial score (nSPS) is 12.2. The van der Waals surface area contributed by atoms with E-state index in [0.29, 0.717) is 0 Å². The number of rotatable bonds is 5. The lowest BCUT2D eigenvalue weighted by atomic mass is 10.1. The lowest BCUT2D eigenvalue weighted by Crippen LogP contribution is -2.42. The minimum absolute atomic E-state index is 0.0397. The van der Waals surface area contributed by atoms with Gasteiger partial charge in [0.15, 0.2) is 0 Å². The Morgan fingerprint density at radius 2 is 2.05 bits per heavy atom. The van der Waals surface area contributed by atoms with Crippen molar-refractivity contribution in [3.05, 3.63) is 11.4 Å². The molecule has 0 saturated heterocycles. The van der Waals surface area contributed by atoms with E-state index in [4.69, 9.17) is 11.5 Å². The third kappa shape index (κ3) is 3.37. The SMILES string of the molecule is C#CC(C)(C)NS(=O)(=O)c1c(C)nn(CC(=O)O)c1C. The molecule has 0 atom stereocenters. The van der Waals surface area contributed by atoms with Crippen LogP contribution in [0.25, 0.3) is 0 Å². The second-order valence-corrected chi connectivity index (χ2v) is 6.55. The van der Waals surface area contributed by atoms with Gasteiger partial charge in [0.25, 0.3) is 0 Å². The van der Waals surface area contributed by atoms with Crippen molar-refractivity contribution in [3.63, 3.8) is 0 Å². The lowest BCUT2D eigenvalue weighted by molar-refractivity contribution is -0.137. The zero-order valence-electron chi connectivity index (χ0n) is 11.8. The maximum absolute atomic E-state index is 12.3. The summed E-state index contributed by atoms with van der Waals surface area (Å²) in [5.41, 5.74) is -0.568. The minimum Gasteiger partial charge on any atom is -0.480 e. The molecule has 0 fully saturated rings. The molecule has 0 aliphatic rings. The molecule has 1 aromatic rings. The predicted molar refractivity (Wildman–Crippen MR) is 72.6 cm³/mol. The number of sulfonamides is 1. The number of terminal acetylenes is 1. The van der Waals surface area contributed by atoms with Crippen LogP contribution in [0.1, 0.15) is 25.2 Å². The Hall–Kier alpha value is -1.85. The van der Waals surface area contributed by atoms with Crippen molar-refractivity contribution in [2.45, 2.75) is 44.7 Å². The molecule has 110 valence electrons. The van der Waals surface area contributed by atoms with Gasteiger partial charge >= 0.3 is 5.97 Å². The van der Waals surface area contributed by atoms with Gasteiger partial charge in [0.1, 0.15) is 11.4 Å². The molecule has 0 aliphatic heterocycles. The van der Waals surface area contributed by atoms with Gasteiger partial charge in [-0.15, -0.1) is 6.42 Å². The Bertz CT molecular complexity index is 680. The standard InChI is InChI=1S/C12H17N3O4S/c1-6-12(4,5)14-20(18,19)11-8(2)13-15(9(11)3)7-10(16)17/h1,14H,7H2,2-5H3,(H,16,17). The third-order valence-electron chi connectivity index (χ3n) is 2.62. The molecule has 1 aromatic heterocycles. The Labute approximate surface area is 118 Å². The van der Waals surface area contributed by atoms with Crippen molar-refractivity contribution in [1.82, 2.24) is 14.5 Å². The number of carboxylic acids is 1. The summed E-state index contributed by atoms with van der Waals surface area (Å²) in [6, 6.07) is 0. The van der Waals surface area contributed by atoms with Gasteiger partial charge in [-0.3, -0.25) is 9.48 Å². The first-order chi connectivity index (χ1) is 9.00. The molecule has 0 amide bonds. The van der Waals surface area contributed by atoms with Gasteiger partial charge in [0.05, 0.1) is 16.9 Å². The molecule has 1 rings (SSSR count). The van der Waals surface area contributed by atoms with Gasteiger partial charge in [-0.2, -0.15) is 9.82 Å². The fourth-order valence-corrected chi connectivity index (χ4v) is 3.52. The molecule has 7 nitrogen and oxygen atoms in total. The summed E-state index contributed by atoms with van der Waals surface area (Å²) < 4.78 is 28.2. The van der Waals surface area contributed by atoms with Crippen LogP contribution >= 0.6 is 0 Å². The van der Waals surface area contributed by atoms with Crippen molar-refractivity contribution in [2.75, 3.05) is 0 Å². The maximum atomic E-state index is 12.3. The fraction of sp³-hybridized carbons (Fsp3) is 0.500. The Morgan fingerprint density at radius 3 is 2.50 bits per heavy atom. The van der Waals surface area contributed by atoms with E-state index < -0.39 is 28.1 Å². The maximum Gasteiger partial charge on any atom is 0.325 e. The second-order valence-electron chi connectivity index (χ2n) is 4.93. The summed E-state index contributed by atoms with van der Waals surface area (Å²) in [7, 11) is -3.88. The molecule has 0 aromatic carbocycles. The van der Waals surface area contributed by atoms with Crippen molar-refractivity contribution < 1.29 is 18.3 Å². The van der Waals surface area contributed by atoms with Crippen LogP contribution in [0.15, 0.2) is 4.90 Å². The van der Waals surface area contributed by atoms with Crippen LogP contribution in [0.5, 0.6) is 0 Å².